The fourth-order valence-electron chi connectivity index (χ4n) is 2.19. The molecule has 2 unspecified atom stereocenters. The molecule has 1 aromatic heterocycles. The average Bonchev–Trinajstić information content (AvgIpc) is 2.98. The van der Waals surface area contributed by atoms with E-state index in [1.807, 2.05) is 4.68 Å². The van der Waals surface area contributed by atoms with E-state index in [9.17, 15) is 0 Å². The number of rotatable bonds is 5. The molecule has 1 saturated carbocycles. The molecule has 1 heterocycles. The summed E-state index contributed by atoms with van der Waals surface area (Å²) >= 11 is 6.27. The second-order valence-electron chi connectivity index (χ2n) is 5.43. The second kappa shape index (κ2) is 4.99. The van der Waals surface area contributed by atoms with E-state index in [4.69, 9.17) is 11.6 Å². The first-order chi connectivity index (χ1) is 8.00. The lowest BCUT2D eigenvalue weighted by Gasteiger charge is -2.24. The highest BCUT2D eigenvalue weighted by Gasteiger charge is 2.28. The molecule has 0 aliphatic heterocycles. The van der Waals surface area contributed by atoms with Gasteiger partial charge in [0.05, 0.1) is 16.9 Å². The summed E-state index contributed by atoms with van der Waals surface area (Å²) < 4.78 is 2.04. The number of hydrogen-bond acceptors (Lipinski definition) is 2. The first kappa shape index (κ1) is 12.9. The maximum atomic E-state index is 6.27. The van der Waals surface area contributed by atoms with Crippen molar-refractivity contribution in [2.75, 3.05) is 0 Å². The van der Waals surface area contributed by atoms with Crippen molar-refractivity contribution in [2.45, 2.75) is 64.6 Å². The van der Waals surface area contributed by atoms with E-state index in [0.29, 0.717) is 18.0 Å². The van der Waals surface area contributed by atoms with Crippen molar-refractivity contribution in [3.63, 3.8) is 0 Å². The molecule has 1 aliphatic carbocycles. The molecule has 1 aromatic rings. The number of hydrogen-bond donors (Lipinski definition) is 1. The predicted octanol–water partition coefficient (Wildman–Crippen LogP) is 3.36. The molecule has 1 N–H and O–H groups in total. The van der Waals surface area contributed by atoms with Crippen molar-refractivity contribution in [1.82, 2.24) is 15.1 Å². The Hall–Kier alpha value is -0.540. The second-order valence-corrected chi connectivity index (χ2v) is 5.84. The predicted molar refractivity (Wildman–Crippen MR) is 71.7 cm³/mol. The van der Waals surface area contributed by atoms with Crippen LogP contribution in [-0.4, -0.2) is 21.9 Å². The summed E-state index contributed by atoms with van der Waals surface area (Å²) in [4.78, 5) is 0. The topological polar surface area (TPSA) is 29.9 Å². The Morgan fingerprint density at radius 3 is 2.53 bits per heavy atom. The molecule has 1 aliphatic rings. The monoisotopic (exact) mass is 255 g/mol. The van der Waals surface area contributed by atoms with Gasteiger partial charge in [0.25, 0.3) is 0 Å². The van der Waals surface area contributed by atoms with Crippen LogP contribution in [0, 0.1) is 0 Å². The van der Waals surface area contributed by atoms with Gasteiger partial charge in [-0.1, -0.05) is 18.5 Å². The van der Waals surface area contributed by atoms with Crippen LogP contribution in [-0.2, 0) is 0 Å². The highest BCUT2D eigenvalue weighted by molar-refractivity contribution is 6.31. The third-order valence-corrected chi connectivity index (χ3v) is 3.82. The zero-order valence-electron chi connectivity index (χ0n) is 11.1. The van der Waals surface area contributed by atoms with Gasteiger partial charge in [-0.3, -0.25) is 4.68 Å². The summed E-state index contributed by atoms with van der Waals surface area (Å²) in [5.41, 5.74) is 1.15. The van der Waals surface area contributed by atoms with Crippen molar-refractivity contribution in [3.8, 4) is 0 Å². The van der Waals surface area contributed by atoms with Crippen LogP contribution in [0.1, 0.15) is 58.2 Å². The molecule has 2 atom stereocenters. The Labute approximate surface area is 109 Å². The third kappa shape index (κ3) is 2.83. The van der Waals surface area contributed by atoms with Gasteiger partial charge in [-0.05, 0) is 33.6 Å². The summed E-state index contributed by atoms with van der Waals surface area (Å²) in [7, 11) is 0. The molecule has 0 bridgehead atoms. The normalized spacial score (nSPS) is 19.6. The highest BCUT2D eigenvalue weighted by atomic mass is 35.5. The molecule has 96 valence electrons. The van der Waals surface area contributed by atoms with E-state index in [-0.39, 0.29) is 0 Å². The van der Waals surface area contributed by atoms with Gasteiger partial charge in [-0.15, -0.1) is 0 Å². The van der Waals surface area contributed by atoms with E-state index in [0.717, 1.165) is 16.8 Å². The van der Waals surface area contributed by atoms with Crippen molar-refractivity contribution in [2.24, 2.45) is 0 Å². The number of aromatic nitrogens is 2. The molecule has 0 spiro atoms. The van der Waals surface area contributed by atoms with Crippen molar-refractivity contribution in [3.05, 3.63) is 16.9 Å². The molecule has 2 rings (SSSR count). The molecule has 3 nitrogen and oxygen atoms in total. The van der Waals surface area contributed by atoms with Crippen LogP contribution in [0.5, 0.6) is 0 Å². The Kier molecular flexibility index (Phi) is 3.79. The van der Waals surface area contributed by atoms with Crippen LogP contribution in [0.4, 0.5) is 0 Å². The fourth-order valence-corrected chi connectivity index (χ4v) is 2.49. The van der Waals surface area contributed by atoms with Crippen LogP contribution in [0.15, 0.2) is 6.20 Å². The van der Waals surface area contributed by atoms with Crippen LogP contribution >= 0.6 is 11.6 Å². The van der Waals surface area contributed by atoms with E-state index in [1.165, 1.54) is 12.8 Å². The largest absolute Gasteiger partial charge is 0.311 e. The molecule has 0 radical (unpaired) electrons. The minimum Gasteiger partial charge on any atom is -0.311 e. The van der Waals surface area contributed by atoms with E-state index in [1.54, 1.807) is 6.20 Å². The maximum Gasteiger partial charge on any atom is 0.0821 e. The van der Waals surface area contributed by atoms with Gasteiger partial charge in [-0.2, -0.15) is 5.10 Å². The molecule has 17 heavy (non-hydrogen) atoms. The van der Waals surface area contributed by atoms with Crippen molar-refractivity contribution < 1.29 is 0 Å². The SMILES string of the molecule is CC(NC1CC1)C(C)c1c(Cl)cnn1C(C)C. The van der Waals surface area contributed by atoms with Crippen molar-refractivity contribution in [1.29, 1.82) is 0 Å². The molecule has 1 fully saturated rings. The van der Waals surface area contributed by atoms with E-state index in [2.05, 4.69) is 38.1 Å². The summed E-state index contributed by atoms with van der Waals surface area (Å²) in [5.74, 6) is 0.382. The van der Waals surface area contributed by atoms with Gasteiger partial charge in [0, 0.05) is 24.0 Å². The highest BCUT2D eigenvalue weighted by Crippen LogP contribution is 2.30. The van der Waals surface area contributed by atoms with Crippen molar-refractivity contribution >= 4 is 11.6 Å². The number of halogens is 1. The third-order valence-electron chi connectivity index (χ3n) is 3.53. The lowest BCUT2D eigenvalue weighted by atomic mass is 9.99. The van der Waals surface area contributed by atoms with Gasteiger partial charge in [0.1, 0.15) is 0 Å². The molecule has 4 heteroatoms. The zero-order valence-corrected chi connectivity index (χ0v) is 11.8. The van der Waals surface area contributed by atoms with Gasteiger partial charge in [-0.25, -0.2) is 0 Å². The summed E-state index contributed by atoms with van der Waals surface area (Å²) in [5, 5.41) is 8.79. The Bertz CT molecular complexity index is 382. The smallest absolute Gasteiger partial charge is 0.0821 e. The summed E-state index contributed by atoms with van der Waals surface area (Å²) in [6.45, 7) is 8.73. The van der Waals surface area contributed by atoms with Crippen LogP contribution < -0.4 is 5.32 Å². The minimum atomic E-state index is 0.355. The molecular weight excluding hydrogens is 234 g/mol. The molecular formula is C13H22ClN3. The minimum absolute atomic E-state index is 0.355. The molecule has 0 saturated heterocycles. The fraction of sp³-hybridized carbons (Fsp3) is 0.769. The van der Waals surface area contributed by atoms with Gasteiger partial charge >= 0.3 is 0 Å². The van der Waals surface area contributed by atoms with E-state index >= 15 is 0 Å². The Morgan fingerprint density at radius 2 is 2.00 bits per heavy atom. The summed E-state index contributed by atoms with van der Waals surface area (Å²) in [6, 6.07) is 1.52. The molecule has 0 aromatic carbocycles. The molecule has 0 amide bonds. The first-order valence-corrected chi connectivity index (χ1v) is 6.87. The van der Waals surface area contributed by atoms with Crippen LogP contribution in [0.25, 0.3) is 0 Å². The van der Waals surface area contributed by atoms with Crippen LogP contribution in [0.3, 0.4) is 0 Å². The van der Waals surface area contributed by atoms with E-state index < -0.39 is 0 Å². The number of nitrogens with zero attached hydrogens (tertiary/aromatic N) is 2. The lowest BCUT2D eigenvalue weighted by Crippen LogP contribution is -2.33. The average molecular weight is 256 g/mol. The van der Waals surface area contributed by atoms with Crippen LogP contribution in [0.2, 0.25) is 5.02 Å². The first-order valence-electron chi connectivity index (χ1n) is 6.49. The van der Waals surface area contributed by atoms with Gasteiger partial charge < -0.3 is 5.32 Å². The van der Waals surface area contributed by atoms with Gasteiger partial charge in [0.15, 0.2) is 0 Å². The Balaban J connectivity index is 2.16. The van der Waals surface area contributed by atoms with Gasteiger partial charge in [0.2, 0.25) is 0 Å². The Morgan fingerprint density at radius 1 is 1.35 bits per heavy atom. The lowest BCUT2D eigenvalue weighted by molar-refractivity contribution is 0.428. The zero-order chi connectivity index (χ0) is 12.6. The standard InChI is InChI=1S/C13H22ClN3/c1-8(2)17-13(12(14)7-15-17)9(3)10(4)16-11-5-6-11/h7-11,16H,5-6H2,1-4H3. The quantitative estimate of drug-likeness (QED) is 0.874. The number of nitrogens with one attached hydrogen (secondary N) is 1. The maximum absolute atomic E-state index is 6.27. The summed E-state index contributed by atoms with van der Waals surface area (Å²) in [6.07, 6.45) is 4.39.